The summed E-state index contributed by atoms with van der Waals surface area (Å²) >= 11 is 9.23. The molecule has 0 radical (unpaired) electrons. The molecule has 1 spiro atoms. The smallest absolute Gasteiger partial charge is 0.324 e. The molecular formula is C19H25ClN4O4S2. The number of rotatable bonds is 6. The van der Waals surface area contributed by atoms with E-state index in [-0.39, 0.29) is 24.1 Å². The molecule has 2 fully saturated rings. The van der Waals surface area contributed by atoms with Crippen LogP contribution >= 0.6 is 34.7 Å². The van der Waals surface area contributed by atoms with Gasteiger partial charge < -0.3 is 19.8 Å². The number of nitrogens with zero attached hydrogens (tertiary/aromatic N) is 3. The highest BCUT2D eigenvalue weighted by Crippen LogP contribution is 2.50. The number of carbonyl (C=O) groups excluding carboxylic acids is 1. The number of thiazole rings is 1. The Morgan fingerprint density at radius 1 is 1.57 bits per heavy atom. The molecule has 164 valence electrons. The number of thioether (sulfide) groups is 1. The van der Waals surface area contributed by atoms with Crippen molar-refractivity contribution in [2.45, 2.75) is 29.5 Å². The van der Waals surface area contributed by atoms with Gasteiger partial charge >= 0.3 is 6.03 Å². The highest BCUT2D eigenvalue weighted by Gasteiger charge is 2.54. The van der Waals surface area contributed by atoms with Crippen LogP contribution in [0.1, 0.15) is 12.8 Å². The van der Waals surface area contributed by atoms with Crippen molar-refractivity contribution in [1.82, 2.24) is 14.8 Å². The zero-order valence-corrected chi connectivity index (χ0v) is 19.0. The van der Waals surface area contributed by atoms with E-state index in [0.29, 0.717) is 42.0 Å². The Morgan fingerprint density at radius 2 is 2.40 bits per heavy atom. The second-order valence-electron chi connectivity index (χ2n) is 7.62. The molecule has 1 aromatic heterocycles. The highest BCUT2D eigenvalue weighted by atomic mass is 35.5. The average Bonchev–Trinajstić information content (AvgIpc) is 3.45. The lowest BCUT2D eigenvalue weighted by molar-refractivity contribution is -0.170. The molecule has 0 bridgehead atoms. The normalized spacial score (nSPS) is 27.2. The lowest BCUT2D eigenvalue weighted by Crippen LogP contribution is -2.40. The number of aliphatic hydroxyl groups is 2. The molecule has 4 rings (SSSR count). The third kappa shape index (κ3) is 4.27. The minimum Gasteiger partial charge on any atom is -0.396 e. The van der Waals surface area contributed by atoms with Crippen molar-refractivity contribution in [3.8, 4) is 0 Å². The van der Waals surface area contributed by atoms with Gasteiger partial charge in [0.2, 0.25) is 6.41 Å². The number of allylic oxidation sites excluding steroid dienone is 2. The standard InChI is InChI=1S/C19H25ClN4O4S2/c1-28-18(27)23-5-4-19(10-23)11-24(14-3-2-12(20)8-13(14)19)17(26)22-16-21-9-15(30-16)29-7-6-25/h2,8-9,14,18,25,27H,3-7,10-11H2,1H3,(H,21,22,26). The lowest BCUT2D eigenvalue weighted by atomic mass is 9.77. The first kappa shape index (κ1) is 22.1. The van der Waals surface area contributed by atoms with Gasteiger partial charge in [0.05, 0.1) is 23.1 Å². The number of fused-ring (bicyclic) bond motifs is 2. The molecule has 11 heteroatoms. The van der Waals surface area contributed by atoms with Crippen LogP contribution < -0.4 is 5.32 Å². The molecule has 2 amide bonds. The number of likely N-dealkylation sites (tertiary alicyclic amines) is 2. The van der Waals surface area contributed by atoms with Gasteiger partial charge in [-0.15, -0.1) is 11.8 Å². The van der Waals surface area contributed by atoms with Gasteiger partial charge in [0, 0.05) is 42.9 Å². The molecule has 30 heavy (non-hydrogen) atoms. The fourth-order valence-electron chi connectivity index (χ4n) is 4.50. The van der Waals surface area contributed by atoms with Crippen molar-refractivity contribution in [2.75, 3.05) is 44.4 Å². The predicted molar refractivity (Wildman–Crippen MR) is 118 cm³/mol. The Bertz CT molecular complexity index is 863. The van der Waals surface area contributed by atoms with Gasteiger partial charge in [0.1, 0.15) is 0 Å². The van der Waals surface area contributed by atoms with Gasteiger partial charge in [0.25, 0.3) is 0 Å². The number of aromatic nitrogens is 1. The second-order valence-corrected chi connectivity index (χ2v) is 10.5. The largest absolute Gasteiger partial charge is 0.396 e. The van der Waals surface area contributed by atoms with Crippen LogP contribution in [0, 0.1) is 5.41 Å². The summed E-state index contributed by atoms with van der Waals surface area (Å²) in [5, 5.41) is 23.2. The zero-order valence-electron chi connectivity index (χ0n) is 16.6. The van der Waals surface area contributed by atoms with E-state index in [2.05, 4.69) is 10.3 Å². The van der Waals surface area contributed by atoms with Gasteiger partial charge in [-0.1, -0.05) is 29.0 Å². The summed E-state index contributed by atoms with van der Waals surface area (Å²) in [6, 6.07) is -0.247. The van der Waals surface area contributed by atoms with Crippen molar-refractivity contribution in [2.24, 2.45) is 5.41 Å². The molecular weight excluding hydrogens is 448 g/mol. The third-order valence-corrected chi connectivity index (χ3v) is 8.20. The summed E-state index contributed by atoms with van der Waals surface area (Å²) in [5.74, 6) is 0.595. The fourth-order valence-corrected chi connectivity index (χ4v) is 6.39. The Balaban J connectivity index is 1.51. The molecule has 0 aromatic carbocycles. The van der Waals surface area contributed by atoms with Crippen molar-refractivity contribution >= 4 is 45.9 Å². The number of halogens is 1. The van der Waals surface area contributed by atoms with E-state index in [4.69, 9.17) is 21.4 Å². The van der Waals surface area contributed by atoms with Crippen molar-refractivity contribution in [1.29, 1.82) is 0 Å². The zero-order chi connectivity index (χ0) is 21.3. The summed E-state index contributed by atoms with van der Waals surface area (Å²) in [5.41, 5.74) is 0.898. The summed E-state index contributed by atoms with van der Waals surface area (Å²) < 4.78 is 6.03. The lowest BCUT2D eigenvalue weighted by Gasteiger charge is -2.28. The first-order valence-electron chi connectivity index (χ1n) is 9.75. The van der Waals surface area contributed by atoms with Crippen LogP contribution in [-0.4, -0.2) is 82.6 Å². The van der Waals surface area contributed by atoms with E-state index in [9.17, 15) is 9.90 Å². The topological polar surface area (TPSA) is 98.2 Å². The number of hydrogen-bond donors (Lipinski definition) is 3. The molecule has 3 N–H and O–H groups in total. The number of ether oxygens (including phenoxy) is 1. The molecule has 2 aliphatic heterocycles. The van der Waals surface area contributed by atoms with E-state index in [1.807, 2.05) is 22.0 Å². The van der Waals surface area contributed by atoms with Gasteiger partial charge in [-0.25, -0.2) is 9.78 Å². The Hall–Kier alpha value is -1.14. The molecule has 3 aliphatic rings. The van der Waals surface area contributed by atoms with Crippen LogP contribution in [0.2, 0.25) is 0 Å². The van der Waals surface area contributed by atoms with Gasteiger partial charge in [-0.2, -0.15) is 0 Å². The van der Waals surface area contributed by atoms with Crippen LogP contribution in [0.15, 0.2) is 33.2 Å². The van der Waals surface area contributed by atoms with Crippen molar-refractivity contribution in [3.05, 3.63) is 29.0 Å². The molecule has 3 heterocycles. The Morgan fingerprint density at radius 3 is 3.17 bits per heavy atom. The predicted octanol–water partition coefficient (Wildman–Crippen LogP) is 2.51. The van der Waals surface area contributed by atoms with Gasteiger partial charge in [0.15, 0.2) is 5.13 Å². The molecule has 8 nitrogen and oxygen atoms in total. The average molecular weight is 473 g/mol. The van der Waals surface area contributed by atoms with E-state index in [1.54, 1.807) is 6.20 Å². The van der Waals surface area contributed by atoms with Gasteiger partial charge in [-0.3, -0.25) is 10.2 Å². The van der Waals surface area contributed by atoms with E-state index in [1.165, 1.54) is 30.2 Å². The maximum atomic E-state index is 13.2. The Kier molecular flexibility index (Phi) is 6.73. The summed E-state index contributed by atoms with van der Waals surface area (Å²) in [4.78, 5) is 21.2. The molecule has 3 atom stereocenters. The summed E-state index contributed by atoms with van der Waals surface area (Å²) in [6.07, 6.45) is 6.18. The maximum Gasteiger partial charge on any atom is 0.324 e. The van der Waals surface area contributed by atoms with E-state index in [0.717, 1.165) is 16.2 Å². The first-order valence-corrected chi connectivity index (χ1v) is 11.9. The molecule has 3 unspecified atom stereocenters. The molecule has 1 aliphatic carbocycles. The minimum absolute atomic E-state index is 0.0599. The van der Waals surface area contributed by atoms with Crippen LogP contribution in [0.5, 0.6) is 0 Å². The first-order chi connectivity index (χ1) is 14.5. The molecule has 1 aromatic rings. The number of methoxy groups -OCH3 is 1. The maximum absolute atomic E-state index is 13.2. The number of urea groups is 1. The van der Waals surface area contributed by atoms with Crippen molar-refractivity contribution in [3.63, 3.8) is 0 Å². The monoisotopic (exact) mass is 472 g/mol. The minimum atomic E-state index is -0.953. The number of carbonyl (C=O) groups is 1. The van der Waals surface area contributed by atoms with Gasteiger partial charge in [-0.05, 0) is 24.5 Å². The van der Waals surface area contributed by atoms with E-state index >= 15 is 0 Å². The van der Waals surface area contributed by atoms with Crippen LogP contribution in [0.25, 0.3) is 0 Å². The molecule has 2 saturated heterocycles. The quantitative estimate of drug-likeness (QED) is 0.432. The number of amides is 2. The van der Waals surface area contributed by atoms with Crippen LogP contribution in [-0.2, 0) is 4.74 Å². The fraction of sp³-hybridized carbons (Fsp3) is 0.579. The van der Waals surface area contributed by atoms with Crippen LogP contribution in [0.3, 0.4) is 0 Å². The number of anilines is 1. The summed E-state index contributed by atoms with van der Waals surface area (Å²) in [7, 11) is 1.48. The number of aliphatic hydroxyl groups excluding tert-OH is 2. The van der Waals surface area contributed by atoms with Crippen molar-refractivity contribution < 1.29 is 19.7 Å². The number of nitrogens with one attached hydrogen (secondary N) is 1. The Labute approximate surface area is 188 Å². The third-order valence-electron chi connectivity index (χ3n) is 5.85. The SMILES string of the molecule is COC(O)N1CCC2(C1)CN(C(=O)Nc1ncc(SCCO)s1)C1CC=C(Cl)C=C12. The van der Waals surface area contributed by atoms with E-state index < -0.39 is 6.41 Å². The second kappa shape index (κ2) is 9.15. The number of hydrogen-bond acceptors (Lipinski definition) is 8. The highest BCUT2D eigenvalue weighted by molar-refractivity contribution is 8.01. The summed E-state index contributed by atoms with van der Waals surface area (Å²) in [6.45, 7) is 1.95. The molecule has 0 saturated carbocycles. The van der Waals surface area contributed by atoms with Crippen LogP contribution in [0.4, 0.5) is 9.93 Å².